The summed E-state index contributed by atoms with van der Waals surface area (Å²) in [6, 6.07) is 18.4. The number of hydrogen-bond acceptors (Lipinski definition) is 3. The zero-order chi connectivity index (χ0) is 17.1. The second-order valence-corrected chi connectivity index (χ2v) is 7.03. The van der Waals surface area contributed by atoms with Gasteiger partial charge in [-0.25, -0.2) is 4.79 Å². The van der Waals surface area contributed by atoms with E-state index in [0.29, 0.717) is 6.61 Å². The zero-order valence-electron chi connectivity index (χ0n) is 14.4. The van der Waals surface area contributed by atoms with Crippen molar-refractivity contribution in [1.29, 1.82) is 0 Å². The molecule has 2 aliphatic rings. The lowest BCUT2D eigenvalue weighted by Gasteiger charge is -2.45. The number of piperidine rings is 1. The minimum absolute atomic E-state index is 0.194. The van der Waals surface area contributed by atoms with Crippen LogP contribution in [0.1, 0.15) is 30.4 Å². The second kappa shape index (κ2) is 6.79. The predicted octanol–water partition coefficient (Wildman–Crippen LogP) is 4.17. The molecule has 4 rings (SSSR count). The van der Waals surface area contributed by atoms with Gasteiger partial charge in [0.1, 0.15) is 6.61 Å². The number of benzene rings is 2. The Hall–Kier alpha value is -2.49. The fourth-order valence-corrected chi connectivity index (χ4v) is 4.12. The molecule has 1 saturated heterocycles. The summed E-state index contributed by atoms with van der Waals surface area (Å²) in [6.07, 6.45) is 2.95. The number of carbonyl (C=O) groups is 1. The maximum atomic E-state index is 12.4. The maximum Gasteiger partial charge on any atom is 0.410 e. The number of amides is 1. The molecule has 1 amide bonds. The number of hydrogen-bond donors (Lipinski definition) is 1. The van der Waals surface area contributed by atoms with Gasteiger partial charge in [-0.1, -0.05) is 48.5 Å². The number of rotatable bonds is 2. The van der Waals surface area contributed by atoms with E-state index in [1.165, 1.54) is 11.3 Å². The lowest BCUT2D eigenvalue weighted by molar-refractivity contribution is 0.0760. The summed E-state index contributed by atoms with van der Waals surface area (Å²) in [7, 11) is 0. The fraction of sp³-hybridized carbons (Fsp3) is 0.381. The molecule has 2 aromatic rings. The molecule has 130 valence electrons. The highest BCUT2D eigenvalue weighted by atomic mass is 16.6. The lowest BCUT2D eigenvalue weighted by Crippen LogP contribution is -2.47. The highest BCUT2D eigenvalue weighted by molar-refractivity contribution is 5.68. The number of likely N-dealkylation sites (tertiary alicyclic amines) is 1. The Morgan fingerprint density at radius 1 is 1.00 bits per heavy atom. The number of nitrogens with one attached hydrogen (secondary N) is 1. The molecule has 1 fully saturated rings. The van der Waals surface area contributed by atoms with Gasteiger partial charge in [0.15, 0.2) is 0 Å². The Bertz CT molecular complexity index is 737. The Labute approximate surface area is 148 Å². The van der Waals surface area contributed by atoms with E-state index in [0.717, 1.165) is 44.5 Å². The smallest absolute Gasteiger partial charge is 0.410 e. The molecule has 0 atom stereocenters. The van der Waals surface area contributed by atoms with E-state index in [2.05, 4.69) is 29.6 Å². The van der Waals surface area contributed by atoms with Gasteiger partial charge >= 0.3 is 6.09 Å². The van der Waals surface area contributed by atoms with E-state index < -0.39 is 0 Å². The van der Waals surface area contributed by atoms with Crippen molar-refractivity contribution < 1.29 is 9.53 Å². The van der Waals surface area contributed by atoms with Crippen LogP contribution in [0.4, 0.5) is 10.5 Å². The van der Waals surface area contributed by atoms with Gasteiger partial charge in [-0.15, -0.1) is 0 Å². The minimum atomic E-state index is -0.194. The lowest BCUT2D eigenvalue weighted by atomic mass is 9.68. The molecule has 4 heteroatoms. The van der Waals surface area contributed by atoms with Gasteiger partial charge in [-0.2, -0.15) is 0 Å². The molecule has 1 N–H and O–H groups in total. The van der Waals surface area contributed by atoms with Crippen molar-refractivity contribution >= 4 is 11.8 Å². The first-order valence-corrected chi connectivity index (χ1v) is 9.06. The Kier molecular flexibility index (Phi) is 4.35. The maximum absolute atomic E-state index is 12.4. The first kappa shape index (κ1) is 16.0. The van der Waals surface area contributed by atoms with E-state index in [9.17, 15) is 4.79 Å². The Morgan fingerprint density at radius 2 is 1.72 bits per heavy atom. The van der Waals surface area contributed by atoms with Crippen LogP contribution in [0, 0.1) is 0 Å². The van der Waals surface area contributed by atoms with Crippen molar-refractivity contribution in [1.82, 2.24) is 4.90 Å². The monoisotopic (exact) mass is 336 g/mol. The van der Waals surface area contributed by atoms with Crippen LogP contribution in [0.2, 0.25) is 0 Å². The van der Waals surface area contributed by atoms with E-state index in [-0.39, 0.29) is 11.5 Å². The normalized spacial score (nSPS) is 18.3. The van der Waals surface area contributed by atoms with Crippen molar-refractivity contribution in [3.8, 4) is 0 Å². The van der Waals surface area contributed by atoms with Crippen LogP contribution in [0.15, 0.2) is 54.6 Å². The topological polar surface area (TPSA) is 41.6 Å². The molecule has 0 aliphatic carbocycles. The third kappa shape index (κ3) is 3.21. The number of ether oxygens (including phenoxy) is 1. The van der Waals surface area contributed by atoms with Gasteiger partial charge in [0.25, 0.3) is 0 Å². The summed E-state index contributed by atoms with van der Waals surface area (Å²) in [5.41, 5.74) is 3.90. The van der Waals surface area contributed by atoms with Crippen molar-refractivity contribution in [2.75, 3.05) is 25.0 Å². The molecule has 1 spiro atoms. The van der Waals surface area contributed by atoms with Crippen LogP contribution in [0.25, 0.3) is 0 Å². The van der Waals surface area contributed by atoms with E-state index >= 15 is 0 Å². The quantitative estimate of drug-likeness (QED) is 0.895. The molecule has 0 aromatic heterocycles. The van der Waals surface area contributed by atoms with Crippen LogP contribution in [-0.4, -0.2) is 30.6 Å². The third-order valence-electron chi connectivity index (χ3n) is 5.60. The van der Waals surface area contributed by atoms with Crippen LogP contribution < -0.4 is 5.32 Å². The third-order valence-corrected chi connectivity index (χ3v) is 5.60. The second-order valence-electron chi connectivity index (χ2n) is 7.03. The fourth-order valence-electron chi connectivity index (χ4n) is 4.12. The van der Waals surface area contributed by atoms with Gasteiger partial charge in [0, 0.05) is 30.7 Å². The van der Waals surface area contributed by atoms with Crippen molar-refractivity contribution in [2.24, 2.45) is 0 Å². The predicted molar refractivity (Wildman–Crippen MR) is 98.7 cm³/mol. The first-order chi connectivity index (χ1) is 12.3. The van der Waals surface area contributed by atoms with Crippen LogP contribution in [-0.2, 0) is 16.8 Å². The molecular formula is C21H24N2O2. The molecule has 0 saturated carbocycles. The number of carbonyl (C=O) groups excluding carboxylic acids is 1. The van der Waals surface area contributed by atoms with Gasteiger partial charge in [-0.05, 0) is 36.5 Å². The van der Waals surface area contributed by atoms with E-state index in [4.69, 9.17) is 4.74 Å². The molecule has 0 radical (unpaired) electrons. The SMILES string of the molecule is O=C(OCc1ccccc1)N1CCC2(CCNc3ccccc32)CC1. The molecular weight excluding hydrogens is 312 g/mol. The average Bonchev–Trinajstić information content (AvgIpc) is 2.68. The van der Waals surface area contributed by atoms with Crippen molar-refractivity contribution in [3.63, 3.8) is 0 Å². The number of anilines is 1. The van der Waals surface area contributed by atoms with Crippen LogP contribution >= 0.6 is 0 Å². The van der Waals surface area contributed by atoms with E-state index in [1.807, 2.05) is 35.2 Å². The molecule has 0 unspecified atom stereocenters. The molecule has 2 aromatic carbocycles. The summed E-state index contributed by atoms with van der Waals surface area (Å²) in [4.78, 5) is 14.2. The molecule has 2 aliphatic heterocycles. The molecule has 25 heavy (non-hydrogen) atoms. The van der Waals surface area contributed by atoms with Crippen molar-refractivity contribution in [2.45, 2.75) is 31.3 Å². The van der Waals surface area contributed by atoms with Gasteiger partial charge in [0.05, 0.1) is 0 Å². The minimum Gasteiger partial charge on any atom is -0.445 e. The largest absolute Gasteiger partial charge is 0.445 e. The van der Waals surface area contributed by atoms with Crippen molar-refractivity contribution in [3.05, 3.63) is 65.7 Å². The van der Waals surface area contributed by atoms with Gasteiger partial charge < -0.3 is 15.0 Å². The number of nitrogens with zero attached hydrogens (tertiary/aromatic N) is 1. The summed E-state index contributed by atoms with van der Waals surface area (Å²) < 4.78 is 5.49. The summed E-state index contributed by atoms with van der Waals surface area (Å²) in [5.74, 6) is 0. The van der Waals surface area contributed by atoms with E-state index in [1.54, 1.807) is 0 Å². The Morgan fingerprint density at radius 3 is 2.52 bits per heavy atom. The summed E-state index contributed by atoms with van der Waals surface area (Å²) in [6.45, 7) is 2.88. The zero-order valence-corrected chi connectivity index (χ0v) is 14.4. The van der Waals surface area contributed by atoms with Crippen LogP contribution in [0.3, 0.4) is 0 Å². The number of fused-ring (bicyclic) bond motifs is 2. The summed E-state index contributed by atoms with van der Waals surface area (Å²) >= 11 is 0. The highest BCUT2D eigenvalue weighted by Crippen LogP contribution is 2.44. The summed E-state index contributed by atoms with van der Waals surface area (Å²) in [5, 5.41) is 3.50. The average molecular weight is 336 g/mol. The standard InChI is InChI=1S/C21H24N2O2/c24-20(25-16-17-6-2-1-3-7-17)23-14-11-21(12-15-23)10-13-22-19-9-5-4-8-18(19)21/h1-9,22H,10-16H2. The van der Waals surface area contributed by atoms with Gasteiger partial charge in [-0.3, -0.25) is 0 Å². The molecule has 4 nitrogen and oxygen atoms in total. The number of para-hydroxylation sites is 1. The molecule has 0 bridgehead atoms. The molecule has 2 heterocycles. The Balaban J connectivity index is 1.38. The first-order valence-electron chi connectivity index (χ1n) is 9.06. The van der Waals surface area contributed by atoms with Gasteiger partial charge in [0.2, 0.25) is 0 Å². The highest BCUT2D eigenvalue weighted by Gasteiger charge is 2.40. The van der Waals surface area contributed by atoms with Crippen LogP contribution in [0.5, 0.6) is 0 Å².